The van der Waals surface area contributed by atoms with E-state index in [2.05, 4.69) is 0 Å². The zero-order valence-electron chi connectivity index (χ0n) is 7.20. The number of alkyl halides is 1. The van der Waals surface area contributed by atoms with Crippen LogP contribution in [0, 0.1) is 0 Å². The van der Waals surface area contributed by atoms with Crippen LogP contribution in [-0.2, 0) is 6.42 Å². The molecule has 0 saturated heterocycles. The van der Waals surface area contributed by atoms with E-state index < -0.39 is 6.17 Å². The highest BCUT2D eigenvalue weighted by Gasteiger charge is 2.10. The number of hydrogen-bond donors (Lipinski definition) is 1. The van der Waals surface area contributed by atoms with Gasteiger partial charge in [0, 0.05) is 6.04 Å². The summed E-state index contributed by atoms with van der Waals surface area (Å²) < 4.78 is 12.7. The van der Waals surface area contributed by atoms with Crippen LogP contribution in [0.2, 0.25) is 0 Å². The lowest BCUT2D eigenvalue weighted by Crippen LogP contribution is -2.31. The Kier molecular flexibility index (Phi) is 3.23. The lowest BCUT2D eigenvalue weighted by molar-refractivity contribution is 0.304. The second-order valence-electron chi connectivity index (χ2n) is 3.03. The van der Waals surface area contributed by atoms with E-state index in [1.165, 1.54) is 6.92 Å². The van der Waals surface area contributed by atoms with Gasteiger partial charge in [0.1, 0.15) is 6.17 Å². The SMILES string of the molecule is CC(F)[C@@H](N)Cc1ccccc1. The molecule has 0 bridgehead atoms. The van der Waals surface area contributed by atoms with Crippen molar-refractivity contribution in [3.05, 3.63) is 35.9 Å². The van der Waals surface area contributed by atoms with Gasteiger partial charge in [0.2, 0.25) is 0 Å². The van der Waals surface area contributed by atoms with Gasteiger partial charge in [-0.1, -0.05) is 30.3 Å². The summed E-state index contributed by atoms with van der Waals surface area (Å²) in [6, 6.07) is 9.35. The molecule has 12 heavy (non-hydrogen) atoms. The number of rotatable bonds is 3. The van der Waals surface area contributed by atoms with Gasteiger partial charge in [-0.2, -0.15) is 0 Å². The minimum absolute atomic E-state index is 0.382. The molecule has 0 radical (unpaired) electrons. The van der Waals surface area contributed by atoms with E-state index in [9.17, 15) is 4.39 Å². The molecule has 0 aliphatic carbocycles. The molecule has 0 spiro atoms. The van der Waals surface area contributed by atoms with Gasteiger partial charge in [-0.3, -0.25) is 0 Å². The van der Waals surface area contributed by atoms with Crippen LogP contribution in [0.4, 0.5) is 4.39 Å². The molecule has 0 amide bonds. The summed E-state index contributed by atoms with van der Waals surface area (Å²) in [7, 11) is 0. The van der Waals surface area contributed by atoms with Crippen molar-refractivity contribution in [2.75, 3.05) is 0 Å². The minimum Gasteiger partial charge on any atom is -0.325 e. The molecule has 2 N–H and O–H groups in total. The largest absolute Gasteiger partial charge is 0.325 e. The molecular formula is C10H14FN. The van der Waals surface area contributed by atoms with Gasteiger partial charge in [-0.25, -0.2) is 4.39 Å². The van der Waals surface area contributed by atoms with E-state index in [1.54, 1.807) is 0 Å². The van der Waals surface area contributed by atoms with Crippen LogP contribution in [-0.4, -0.2) is 12.2 Å². The molecule has 0 aromatic heterocycles. The van der Waals surface area contributed by atoms with Gasteiger partial charge in [-0.05, 0) is 18.9 Å². The van der Waals surface area contributed by atoms with Crippen molar-refractivity contribution in [1.29, 1.82) is 0 Å². The van der Waals surface area contributed by atoms with Gasteiger partial charge in [0.05, 0.1) is 0 Å². The Morgan fingerprint density at radius 3 is 2.42 bits per heavy atom. The summed E-state index contributed by atoms with van der Waals surface area (Å²) in [5, 5.41) is 0. The Bertz CT molecular complexity index is 221. The van der Waals surface area contributed by atoms with Gasteiger partial charge < -0.3 is 5.73 Å². The zero-order valence-corrected chi connectivity index (χ0v) is 7.20. The normalized spacial score (nSPS) is 15.6. The third-order valence-electron chi connectivity index (χ3n) is 1.90. The molecular weight excluding hydrogens is 153 g/mol. The lowest BCUT2D eigenvalue weighted by atomic mass is 10.0. The van der Waals surface area contributed by atoms with Crippen LogP contribution in [0.5, 0.6) is 0 Å². The van der Waals surface area contributed by atoms with Crippen molar-refractivity contribution in [2.45, 2.75) is 25.6 Å². The molecule has 2 atom stereocenters. The Hall–Kier alpha value is -0.890. The van der Waals surface area contributed by atoms with Crippen molar-refractivity contribution in [1.82, 2.24) is 0 Å². The van der Waals surface area contributed by atoms with Crippen molar-refractivity contribution in [2.24, 2.45) is 5.73 Å². The summed E-state index contributed by atoms with van der Waals surface area (Å²) >= 11 is 0. The number of benzene rings is 1. The van der Waals surface area contributed by atoms with Crippen molar-refractivity contribution in [3.8, 4) is 0 Å². The van der Waals surface area contributed by atoms with Crippen LogP contribution in [0.3, 0.4) is 0 Å². The third kappa shape index (κ3) is 2.62. The first-order chi connectivity index (χ1) is 5.70. The smallest absolute Gasteiger partial charge is 0.113 e. The summed E-state index contributed by atoms with van der Waals surface area (Å²) in [6.07, 6.45) is -0.330. The van der Waals surface area contributed by atoms with Gasteiger partial charge >= 0.3 is 0 Å². The van der Waals surface area contributed by atoms with Crippen molar-refractivity contribution < 1.29 is 4.39 Å². The number of nitrogens with two attached hydrogens (primary N) is 1. The second kappa shape index (κ2) is 4.21. The summed E-state index contributed by atoms with van der Waals surface area (Å²) in [4.78, 5) is 0. The average molecular weight is 167 g/mol. The summed E-state index contributed by atoms with van der Waals surface area (Å²) in [5.74, 6) is 0. The van der Waals surface area contributed by atoms with E-state index in [0.29, 0.717) is 6.42 Å². The van der Waals surface area contributed by atoms with Crippen LogP contribution in [0.25, 0.3) is 0 Å². The van der Waals surface area contributed by atoms with Crippen LogP contribution < -0.4 is 5.73 Å². The maximum Gasteiger partial charge on any atom is 0.113 e. The Morgan fingerprint density at radius 2 is 1.92 bits per heavy atom. The monoisotopic (exact) mass is 167 g/mol. The van der Waals surface area contributed by atoms with Crippen LogP contribution in [0.15, 0.2) is 30.3 Å². The predicted octanol–water partition coefficient (Wildman–Crippen LogP) is 1.91. The molecule has 1 unspecified atom stereocenters. The predicted molar refractivity (Wildman–Crippen MR) is 48.7 cm³/mol. The molecule has 0 aliphatic heterocycles. The molecule has 0 heterocycles. The molecule has 0 saturated carbocycles. The van der Waals surface area contributed by atoms with E-state index in [-0.39, 0.29) is 6.04 Å². The average Bonchev–Trinajstić information content (AvgIpc) is 2.06. The van der Waals surface area contributed by atoms with Crippen molar-refractivity contribution in [3.63, 3.8) is 0 Å². The van der Waals surface area contributed by atoms with Crippen LogP contribution in [0.1, 0.15) is 12.5 Å². The fourth-order valence-corrected chi connectivity index (χ4v) is 1.05. The molecule has 66 valence electrons. The first-order valence-corrected chi connectivity index (χ1v) is 4.13. The van der Waals surface area contributed by atoms with E-state index in [4.69, 9.17) is 5.73 Å². The molecule has 1 aromatic rings. The molecule has 0 aliphatic rings. The fourth-order valence-electron chi connectivity index (χ4n) is 1.05. The molecule has 0 fully saturated rings. The highest BCUT2D eigenvalue weighted by molar-refractivity contribution is 5.15. The topological polar surface area (TPSA) is 26.0 Å². The Balaban J connectivity index is 2.53. The molecule has 1 aromatic carbocycles. The maximum absolute atomic E-state index is 12.7. The molecule has 1 rings (SSSR count). The highest BCUT2D eigenvalue weighted by Crippen LogP contribution is 2.05. The Labute approximate surface area is 72.4 Å². The van der Waals surface area contributed by atoms with Gasteiger partial charge in [-0.15, -0.1) is 0 Å². The quantitative estimate of drug-likeness (QED) is 0.731. The Morgan fingerprint density at radius 1 is 1.33 bits per heavy atom. The number of halogens is 1. The minimum atomic E-state index is -0.940. The van der Waals surface area contributed by atoms with Crippen LogP contribution >= 0.6 is 0 Å². The fraction of sp³-hybridized carbons (Fsp3) is 0.400. The summed E-state index contributed by atoms with van der Waals surface area (Å²) in [5.41, 5.74) is 6.67. The third-order valence-corrected chi connectivity index (χ3v) is 1.90. The highest BCUT2D eigenvalue weighted by atomic mass is 19.1. The molecule has 2 heteroatoms. The maximum atomic E-state index is 12.7. The van der Waals surface area contributed by atoms with Crippen molar-refractivity contribution >= 4 is 0 Å². The van der Waals surface area contributed by atoms with E-state index in [0.717, 1.165) is 5.56 Å². The lowest BCUT2D eigenvalue weighted by Gasteiger charge is -2.12. The van der Waals surface area contributed by atoms with Gasteiger partial charge in [0.15, 0.2) is 0 Å². The summed E-state index contributed by atoms with van der Waals surface area (Å²) in [6.45, 7) is 1.49. The molecule has 1 nitrogen and oxygen atoms in total. The van der Waals surface area contributed by atoms with Gasteiger partial charge in [0.25, 0.3) is 0 Å². The standard InChI is InChI=1S/C10H14FN/c1-8(11)10(12)7-9-5-3-2-4-6-9/h2-6,8,10H,7,12H2,1H3/t8?,10-/m0/s1. The number of hydrogen-bond acceptors (Lipinski definition) is 1. The zero-order chi connectivity index (χ0) is 8.97. The first-order valence-electron chi connectivity index (χ1n) is 4.13. The van der Waals surface area contributed by atoms with E-state index in [1.807, 2.05) is 30.3 Å². The van der Waals surface area contributed by atoms with E-state index >= 15 is 0 Å². The second-order valence-corrected chi connectivity index (χ2v) is 3.03. The first kappa shape index (κ1) is 9.20.